The summed E-state index contributed by atoms with van der Waals surface area (Å²) >= 11 is 0. The van der Waals surface area contributed by atoms with Gasteiger partial charge in [0.15, 0.2) is 17.0 Å². The van der Waals surface area contributed by atoms with Crippen LogP contribution in [0.15, 0.2) is 54.9 Å². The molecule has 4 N–H and O–H groups in total. The van der Waals surface area contributed by atoms with Gasteiger partial charge >= 0.3 is 0 Å². The van der Waals surface area contributed by atoms with E-state index in [-0.39, 0.29) is 6.61 Å². The van der Waals surface area contributed by atoms with Gasteiger partial charge in [0.2, 0.25) is 5.95 Å². The molecule has 5 rings (SSSR count). The summed E-state index contributed by atoms with van der Waals surface area (Å²) in [6, 6.07) is 15.1. The Kier molecular flexibility index (Phi) is 7.08. The molecule has 186 valence electrons. The zero-order valence-corrected chi connectivity index (χ0v) is 20.1. The summed E-state index contributed by atoms with van der Waals surface area (Å²) in [6.07, 6.45) is 7.25. The number of aromatic hydroxyl groups is 1. The predicted molar refractivity (Wildman–Crippen MR) is 141 cm³/mol. The third-order valence-corrected chi connectivity index (χ3v) is 6.84. The number of aliphatic hydroxyl groups excluding tert-OH is 1. The van der Waals surface area contributed by atoms with Crippen molar-refractivity contribution in [2.45, 2.75) is 32.2 Å². The number of anilines is 3. The molecular weight excluding hydrogens is 454 g/mol. The first-order chi connectivity index (χ1) is 17.6. The molecule has 1 saturated heterocycles. The van der Waals surface area contributed by atoms with E-state index in [2.05, 4.69) is 15.2 Å². The van der Waals surface area contributed by atoms with Crippen molar-refractivity contribution in [3.05, 3.63) is 66.0 Å². The number of nitrogens with one attached hydrogen (secondary N) is 2. The number of nitrogens with zero attached hydrogens (tertiary/aromatic N) is 5. The molecule has 2 aromatic carbocycles. The van der Waals surface area contributed by atoms with Crippen LogP contribution in [0.1, 0.15) is 30.4 Å². The van der Waals surface area contributed by atoms with Gasteiger partial charge in [-0.2, -0.15) is 9.97 Å². The number of aromatic nitrogens is 4. The van der Waals surface area contributed by atoms with Crippen LogP contribution in [0.25, 0.3) is 11.2 Å². The quantitative estimate of drug-likeness (QED) is 0.263. The molecule has 1 aliphatic heterocycles. The SMILES string of the molecule is N=Cc1ccccc1Nc1nc(N2CCC(CCc3ccc(O)cc3)CC2)nc2c1ncn2CCO. The van der Waals surface area contributed by atoms with Crippen LogP contribution in [-0.4, -0.2) is 55.6 Å². The molecule has 9 heteroatoms. The zero-order chi connectivity index (χ0) is 24.9. The molecule has 0 bridgehead atoms. The van der Waals surface area contributed by atoms with Gasteiger partial charge in [-0.1, -0.05) is 30.3 Å². The van der Waals surface area contributed by atoms with Crippen molar-refractivity contribution < 1.29 is 10.2 Å². The summed E-state index contributed by atoms with van der Waals surface area (Å²) in [5.74, 6) is 2.18. The summed E-state index contributed by atoms with van der Waals surface area (Å²) in [5.41, 5.74) is 4.11. The number of aliphatic hydroxyl groups is 1. The summed E-state index contributed by atoms with van der Waals surface area (Å²) in [4.78, 5) is 16.4. The molecule has 36 heavy (non-hydrogen) atoms. The lowest BCUT2D eigenvalue weighted by Crippen LogP contribution is -2.35. The second kappa shape index (κ2) is 10.7. The summed E-state index contributed by atoms with van der Waals surface area (Å²) < 4.78 is 1.85. The number of benzene rings is 2. The van der Waals surface area contributed by atoms with Crippen molar-refractivity contribution in [1.82, 2.24) is 19.5 Å². The Labute approximate surface area is 210 Å². The average Bonchev–Trinajstić information content (AvgIpc) is 3.32. The van der Waals surface area contributed by atoms with Crippen molar-refractivity contribution in [2.24, 2.45) is 5.92 Å². The first-order valence-corrected chi connectivity index (χ1v) is 12.4. The highest BCUT2D eigenvalue weighted by Gasteiger charge is 2.23. The van der Waals surface area contributed by atoms with Gasteiger partial charge in [-0.3, -0.25) is 0 Å². The van der Waals surface area contributed by atoms with Crippen molar-refractivity contribution in [3.63, 3.8) is 0 Å². The van der Waals surface area contributed by atoms with Crippen LogP contribution < -0.4 is 10.2 Å². The number of hydrogen-bond acceptors (Lipinski definition) is 8. The molecule has 0 amide bonds. The minimum absolute atomic E-state index is 0.00335. The Balaban J connectivity index is 1.35. The molecule has 2 aromatic heterocycles. The van der Waals surface area contributed by atoms with E-state index in [0.717, 1.165) is 50.0 Å². The van der Waals surface area contributed by atoms with Gasteiger partial charge in [0.25, 0.3) is 0 Å². The lowest BCUT2D eigenvalue weighted by atomic mass is 9.90. The number of piperidine rings is 1. The van der Waals surface area contributed by atoms with Crippen LogP contribution in [0.5, 0.6) is 5.75 Å². The van der Waals surface area contributed by atoms with Crippen LogP contribution in [0.3, 0.4) is 0 Å². The molecule has 3 heterocycles. The predicted octanol–water partition coefficient (Wildman–Crippen LogP) is 4.11. The van der Waals surface area contributed by atoms with E-state index in [1.165, 1.54) is 11.8 Å². The molecule has 4 aromatic rings. The first kappa shape index (κ1) is 23.7. The lowest BCUT2D eigenvalue weighted by molar-refractivity contribution is 0.277. The van der Waals surface area contributed by atoms with Crippen molar-refractivity contribution in [1.29, 1.82) is 5.41 Å². The summed E-state index contributed by atoms with van der Waals surface area (Å²) in [5, 5.41) is 30.1. The fourth-order valence-corrected chi connectivity index (χ4v) is 4.75. The molecular formula is C27H31N7O2. The third-order valence-electron chi connectivity index (χ3n) is 6.84. The Morgan fingerprint density at radius 1 is 1.06 bits per heavy atom. The average molecular weight is 486 g/mol. The number of imidazole rings is 1. The Bertz CT molecular complexity index is 1330. The van der Waals surface area contributed by atoms with Crippen molar-refractivity contribution in [3.8, 4) is 5.75 Å². The molecule has 1 aliphatic rings. The number of para-hydroxylation sites is 1. The molecule has 0 unspecified atom stereocenters. The molecule has 0 saturated carbocycles. The van der Waals surface area contributed by atoms with Crippen LogP contribution in [0.2, 0.25) is 0 Å². The smallest absolute Gasteiger partial charge is 0.229 e. The van der Waals surface area contributed by atoms with E-state index in [9.17, 15) is 10.2 Å². The summed E-state index contributed by atoms with van der Waals surface area (Å²) in [7, 11) is 0. The minimum atomic E-state index is -0.00335. The topological polar surface area (TPSA) is 123 Å². The standard InChI is InChI=1S/C27H31N7O2/c28-17-21-3-1-2-4-23(21)30-25-24-26(34(15-16-35)18-29-24)32-27(31-25)33-13-11-20(12-14-33)6-5-19-7-9-22(36)10-8-19/h1-4,7-10,17-18,20,28,35-36H,5-6,11-16H2,(H,30,31,32). The first-order valence-electron chi connectivity index (χ1n) is 12.4. The molecule has 1 fully saturated rings. The molecule has 0 atom stereocenters. The second-order valence-corrected chi connectivity index (χ2v) is 9.20. The molecule has 0 spiro atoms. The Morgan fingerprint density at radius 2 is 1.83 bits per heavy atom. The highest BCUT2D eigenvalue weighted by atomic mass is 16.3. The number of rotatable bonds is 9. The number of fused-ring (bicyclic) bond motifs is 1. The molecule has 0 aliphatic carbocycles. The second-order valence-electron chi connectivity index (χ2n) is 9.20. The van der Waals surface area contributed by atoms with E-state index in [1.54, 1.807) is 18.5 Å². The van der Waals surface area contributed by atoms with Crippen LogP contribution in [0, 0.1) is 11.3 Å². The highest BCUT2D eigenvalue weighted by molar-refractivity contribution is 5.91. The van der Waals surface area contributed by atoms with E-state index in [4.69, 9.17) is 15.4 Å². The van der Waals surface area contributed by atoms with Gasteiger partial charge in [-0.05, 0) is 55.4 Å². The van der Waals surface area contributed by atoms with Crippen LogP contribution in [0.4, 0.5) is 17.5 Å². The number of phenols is 1. The number of hydrogen-bond donors (Lipinski definition) is 4. The van der Waals surface area contributed by atoms with Gasteiger partial charge in [0.1, 0.15) is 5.75 Å². The van der Waals surface area contributed by atoms with Gasteiger partial charge < -0.3 is 30.4 Å². The number of aryl methyl sites for hydroxylation is 1. The fourth-order valence-electron chi connectivity index (χ4n) is 4.75. The molecule has 0 radical (unpaired) electrons. The largest absolute Gasteiger partial charge is 0.508 e. The van der Waals surface area contributed by atoms with Gasteiger partial charge in [0, 0.05) is 37.1 Å². The van der Waals surface area contributed by atoms with Crippen LogP contribution in [-0.2, 0) is 13.0 Å². The summed E-state index contributed by atoms with van der Waals surface area (Å²) in [6.45, 7) is 2.15. The maximum absolute atomic E-state index is 9.51. The van der Waals surface area contributed by atoms with Crippen LogP contribution >= 0.6 is 0 Å². The van der Waals surface area contributed by atoms with E-state index in [1.807, 2.05) is 41.0 Å². The van der Waals surface area contributed by atoms with E-state index in [0.29, 0.717) is 41.1 Å². The Morgan fingerprint density at radius 3 is 2.58 bits per heavy atom. The van der Waals surface area contributed by atoms with Gasteiger partial charge in [-0.25, -0.2) is 4.98 Å². The van der Waals surface area contributed by atoms with E-state index >= 15 is 0 Å². The maximum Gasteiger partial charge on any atom is 0.229 e. The Hall–Kier alpha value is -3.98. The van der Waals surface area contributed by atoms with Gasteiger partial charge in [-0.15, -0.1) is 0 Å². The normalized spacial score (nSPS) is 14.3. The third kappa shape index (κ3) is 5.16. The van der Waals surface area contributed by atoms with Crippen molar-refractivity contribution >= 4 is 34.8 Å². The highest BCUT2D eigenvalue weighted by Crippen LogP contribution is 2.30. The van der Waals surface area contributed by atoms with Gasteiger partial charge in [0.05, 0.1) is 12.9 Å². The minimum Gasteiger partial charge on any atom is -0.508 e. The molecule has 9 nitrogen and oxygen atoms in total. The van der Waals surface area contributed by atoms with Crippen molar-refractivity contribution in [2.75, 3.05) is 29.9 Å². The number of phenolic OH excluding ortho intramolecular Hbond substituents is 1. The fraction of sp³-hybridized carbons (Fsp3) is 0.333. The van der Waals surface area contributed by atoms with E-state index < -0.39 is 0 Å². The zero-order valence-electron chi connectivity index (χ0n) is 20.1. The maximum atomic E-state index is 9.51. The lowest BCUT2D eigenvalue weighted by Gasteiger charge is -2.32. The monoisotopic (exact) mass is 485 g/mol.